The smallest absolute Gasteiger partial charge is 0.254 e. The minimum atomic E-state index is 0.0246. The van der Waals surface area contributed by atoms with Gasteiger partial charge in [0, 0.05) is 18.8 Å². The Balaban J connectivity index is 1.91. The van der Waals surface area contributed by atoms with Gasteiger partial charge in [0.05, 0.1) is 11.8 Å². The van der Waals surface area contributed by atoms with Crippen molar-refractivity contribution in [2.24, 2.45) is 0 Å². The van der Waals surface area contributed by atoms with Gasteiger partial charge < -0.3 is 5.32 Å². The van der Waals surface area contributed by atoms with E-state index in [1.807, 2.05) is 13.1 Å². The molecule has 0 aliphatic heterocycles. The molecule has 1 N–H and O–H groups in total. The lowest BCUT2D eigenvalue weighted by Gasteiger charge is -2.15. The Morgan fingerprint density at radius 1 is 1.41 bits per heavy atom. The number of carbonyl (C=O) groups excluding carboxylic acids is 1. The predicted octanol–water partition coefficient (Wildman–Crippen LogP) is 2.36. The number of carbonyl (C=O) groups is 1. The van der Waals surface area contributed by atoms with E-state index in [1.165, 1.54) is 25.7 Å². The van der Waals surface area contributed by atoms with Crippen molar-refractivity contribution in [3.63, 3.8) is 0 Å². The molecule has 2 rings (SSSR count). The number of amides is 1. The molecule has 1 fully saturated rings. The van der Waals surface area contributed by atoms with E-state index in [4.69, 9.17) is 0 Å². The first kappa shape index (κ1) is 12.1. The minimum absolute atomic E-state index is 0.0246. The lowest BCUT2D eigenvalue weighted by atomic mass is 10.1. The van der Waals surface area contributed by atoms with Gasteiger partial charge in [0.25, 0.3) is 5.91 Å². The van der Waals surface area contributed by atoms with Gasteiger partial charge in [-0.1, -0.05) is 25.7 Å². The Labute approximate surface area is 102 Å². The maximum Gasteiger partial charge on any atom is 0.254 e. The lowest BCUT2D eigenvalue weighted by Crippen LogP contribution is -2.34. The van der Waals surface area contributed by atoms with E-state index >= 15 is 0 Å². The standard InChI is InChI=1S/C13H21N3O/c1-2-16-10-11(9-14-16)13(17)15-12-7-5-3-4-6-8-12/h9-10,12H,2-8H2,1H3,(H,15,17). The molecule has 4 heteroatoms. The molecule has 1 amide bonds. The predicted molar refractivity (Wildman–Crippen MR) is 66.9 cm³/mol. The highest BCUT2D eigenvalue weighted by Gasteiger charge is 2.16. The Morgan fingerprint density at radius 3 is 2.71 bits per heavy atom. The van der Waals surface area contributed by atoms with Crippen LogP contribution in [-0.2, 0) is 6.54 Å². The highest BCUT2D eigenvalue weighted by molar-refractivity contribution is 5.93. The van der Waals surface area contributed by atoms with Gasteiger partial charge >= 0.3 is 0 Å². The maximum absolute atomic E-state index is 12.0. The van der Waals surface area contributed by atoms with Crippen molar-refractivity contribution in [1.29, 1.82) is 0 Å². The maximum atomic E-state index is 12.0. The van der Waals surface area contributed by atoms with E-state index in [0.29, 0.717) is 11.6 Å². The summed E-state index contributed by atoms with van der Waals surface area (Å²) in [4.78, 5) is 12.0. The summed E-state index contributed by atoms with van der Waals surface area (Å²) in [5.41, 5.74) is 0.677. The molecule has 0 aromatic carbocycles. The summed E-state index contributed by atoms with van der Waals surface area (Å²) < 4.78 is 1.78. The fraction of sp³-hybridized carbons (Fsp3) is 0.692. The summed E-state index contributed by atoms with van der Waals surface area (Å²) in [6.07, 6.45) is 10.8. The first-order chi connectivity index (χ1) is 8.29. The van der Waals surface area contributed by atoms with Crippen LogP contribution in [0.1, 0.15) is 55.8 Å². The van der Waals surface area contributed by atoms with Gasteiger partial charge in [0.1, 0.15) is 0 Å². The van der Waals surface area contributed by atoms with Crippen LogP contribution in [-0.4, -0.2) is 21.7 Å². The Morgan fingerprint density at radius 2 is 2.12 bits per heavy atom. The van der Waals surface area contributed by atoms with Crippen LogP contribution in [0, 0.1) is 0 Å². The van der Waals surface area contributed by atoms with Crippen LogP contribution in [0.5, 0.6) is 0 Å². The van der Waals surface area contributed by atoms with Crippen molar-refractivity contribution in [2.45, 2.75) is 58.0 Å². The number of hydrogen-bond acceptors (Lipinski definition) is 2. The van der Waals surface area contributed by atoms with E-state index in [1.54, 1.807) is 10.9 Å². The minimum Gasteiger partial charge on any atom is -0.349 e. The van der Waals surface area contributed by atoms with Crippen molar-refractivity contribution >= 4 is 5.91 Å². The number of aromatic nitrogens is 2. The lowest BCUT2D eigenvalue weighted by molar-refractivity contribution is 0.0933. The highest BCUT2D eigenvalue weighted by atomic mass is 16.1. The molecule has 1 aromatic heterocycles. The third-order valence-corrected chi connectivity index (χ3v) is 3.41. The molecule has 0 saturated heterocycles. The molecule has 0 bridgehead atoms. The van der Waals surface area contributed by atoms with Crippen LogP contribution in [0.3, 0.4) is 0 Å². The van der Waals surface area contributed by atoms with Gasteiger partial charge in [-0.15, -0.1) is 0 Å². The molecule has 1 heterocycles. The van der Waals surface area contributed by atoms with Gasteiger partial charge in [-0.3, -0.25) is 9.48 Å². The molecule has 1 aliphatic carbocycles. The van der Waals surface area contributed by atoms with E-state index in [-0.39, 0.29) is 5.91 Å². The molecule has 1 aromatic rings. The molecule has 0 radical (unpaired) electrons. The molecule has 0 unspecified atom stereocenters. The summed E-state index contributed by atoms with van der Waals surface area (Å²) in [6, 6.07) is 0.356. The zero-order valence-electron chi connectivity index (χ0n) is 10.5. The zero-order valence-corrected chi connectivity index (χ0v) is 10.5. The van der Waals surface area contributed by atoms with E-state index in [0.717, 1.165) is 19.4 Å². The third kappa shape index (κ3) is 3.32. The molecular weight excluding hydrogens is 214 g/mol. The normalized spacial score (nSPS) is 17.7. The van der Waals surface area contributed by atoms with E-state index < -0.39 is 0 Å². The van der Waals surface area contributed by atoms with Crippen molar-refractivity contribution in [2.75, 3.05) is 0 Å². The van der Waals surface area contributed by atoms with Gasteiger partial charge in [-0.2, -0.15) is 5.10 Å². The van der Waals surface area contributed by atoms with Gasteiger partial charge in [-0.25, -0.2) is 0 Å². The zero-order chi connectivity index (χ0) is 12.1. The van der Waals surface area contributed by atoms with Crippen molar-refractivity contribution in [3.05, 3.63) is 18.0 Å². The second kappa shape index (κ2) is 5.84. The molecule has 1 saturated carbocycles. The van der Waals surface area contributed by atoms with Crippen LogP contribution < -0.4 is 5.32 Å². The highest BCUT2D eigenvalue weighted by Crippen LogP contribution is 2.17. The SMILES string of the molecule is CCn1cc(C(=O)NC2CCCCCC2)cn1. The summed E-state index contributed by atoms with van der Waals surface area (Å²) in [5, 5.41) is 7.24. The molecular formula is C13H21N3O. The first-order valence-electron chi connectivity index (χ1n) is 6.63. The van der Waals surface area contributed by atoms with E-state index in [2.05, 4.69) is 10.4 Å². The number of nitrogens with one attached hydrogen (secondary N) is 1. The molecule has 4 nitrogen and oxygen atoms in total. The third-order valence-electron chi connectivity index (χ3n) is 3.41. The first-order valence-corrected chi connectivity index (χ1v) is 6.63. The van der Waals surface area contributed by atoms with Crippen LogP contribution in [0.25, 0.3) is 0 Å². The van der Waals surface area contributed by atoms with Crippen LogP contribution in [0.2, 0.25) is 0 Å². The fourth-order valence-electron chi connectivity index (χ4n) is 2.35. The number of rotatable bonds is 3. The average Bonchev–Trinajstić information content (AvgIpc) is 2.68. The Hall–Kier alpha value is -1.32. The number of hydrogen-bond donors (Lipinski definition) is 1. The second-order valence-corrected chi connectivity index (χ2v) is 4.75. The summed E-state index contributed by atoms with van der Waals surface area (Å²) >= 11 is 0. The topological polar surface area (TPSA) is 46.9 Å². The summed E-state index contributed by atoms with van der Waals surface area (Å²) in [5.74, 6) is 0.0246. The Bertz CT molecular complexity index is 364. The van der Waals surface area contributed by atoms with Crippen molar-refractivity contribution in [3.8, 4) is 0 Å². The molecule has 94 valence electrons. The average molecular weight is 235 g/mol. The monoisotopic (exact) mass is 235 g/mol. The van der Waals surface area contributed by atoms with Crippen LogP contribution in [0.15, 0.2) is 12.4 Å². The van der Waals surface area contributed by atoms with Crippen molar-refractivity contribution < 1.29 is 4.79 Å². The van der Waals surface area contributed by atoms with Gasteiger partial charge in [0.15, 0.2) is 0 Å². The molecule has 0 atom stereocenters. The second-order valence-electron chi connectivity index (χ2n) is 4.75. The number of nitrogens with zero attached hydrogens (tertiary/aromatic N) is 2. The fourth-order valence-corrected chi connectivity index (χ4v) is 2.35. The Kier molecular flexibility index (Phi) is 4.18. The number of aryl methyl sites for hydroxylation is 1. The quantitative estimate of drug-likeness (QED) is 0.817. The molecule has 17 heavy (non-hydrogen) atoms. The molecule has 1 aliphatic rings. The van der Waals surface area contributed by atoms with Gasteiger partial charge in [0.2, 0.25) is 0 Å². The van der Waals surface area contributed by atoms with Gasteiger partial charge in [-0.05, 0) is 19.8 Å². The van der Waals surface area contributed by atoms with Crippen LogP contribution >= 0.6 is 0 Å². The van der Waals surface area contributed by atoms with E-state index in [9.17, 15) is 4.79 Å². The summed E-state index contributed by atoms with van der Waals surface area (Å²) in [7, 11) is 0. The molecule has 0 spiro atoms. The van der Waals surface area contributed by atoms with Crippen LogP contribution in [0.4, 0.5) is 0 Å². The summed E-state index contributed by atoms with van der Waals surface area (Å²) in [6.45, 7) is 2.82. The largest absolute Gasteiger partial charge is 0.349 e. The van der Waals surface area contributed by atoms with Crippen molar-refractivity contribution in [1.82, 2.24) is 15.1 Å².